The molecule has 1 aromatic heterocycles. The summed E-state index contributed by atoms with van der Waals surface area (Å²) >= 11 is 6.13. The predicted octanol–water partition coefficient (Wildman–Crippen LogP) is 4.82. The lowest BCUT2D eigenvalue weighted by Gasteiger charge is -2.36. The molecule has 4 rings (SSSR count). The Balaban J connectivity index is 1.44. The van der Waals surface area contributed by atoms with Crippen molar-refractivity contribution in [2.75, 3.05) is 41.3 Å². The SMILES string of the molecule is Cc1ccc(Nc2ccnc(N3CCN(c4cccc(Cl)c4)CC3)n2)c(C)c1. The number of benzene rings is 2. The van der Waals surface area contributed by atoms with Crippen LogP contribution < -0.4 is 15.1 Å². The first kappa shape index (κ1) is 18.6. The van der Waals surface area contributed by atoms with Crippen LogP contribution >= 0.6 is 11.6 Å². The van der Waals surface area contributed by atoms with Crippen LogP contribution in [-0.4, -0.2) is 36.1 Å². The molecule has 1 aliphatic heterocycles. The van der Waals surface area contributed by atoms with E-state index in [2.05, 4.69) is 58.2 Å². The number of piperazine rings is 1. The Bertz CT molecular complexity index is 967. The van der Waals surface area contributed by atoms with E-state index in [1.807, 2.05) is 30.5 Å². The highest BCUT2D eigenvalue weighted by Gasteiger charge is 2.19. The summed E-state index contributed by atoms with van der Waals surface area (Å²) in [4.78, 5) is 13.8. The normalized spacial score (nSPS) is 14.2. The van der Waals surface area contributed by atoms with Gasteiger partial charge in [-0.1, -0.05) is 35.4 Å². The molecule has 2 heterocycles. The average Bonchev–Trinajstić information content (AvgIpc) is 2.71. The molecule has 1 aliphatic rings. The molecule has 1 fully saturated rings. The van der Waals surface area contributed by atoms with Gasteiger partial charge in [0.05, 0.1) is 0 Å². The molecule has 6 heteroatoms. The smallest absolute Gasteiger partial charge is 0.227 e. The van der Waals surface area contributed by atoms with Gasteiger partial charge >= 0.3 is 0 Å². The number of aryl methyl sites for hydroxylation is 2. The van der Waals surface area contributed by atoms with E-state index in [1.165, 1.54) is 16.8 Å². The van der Waals surface area contributed by atoms with Gasteiger partial charge in [-0.3, -0.25) is 0 Å². The first-order valence-corrected chi connectivity index (χ1v) is 9.89. The van der Waals surface area contributed by atoms with Gasteiger partial charge in [-0.15, -0.1) is 0 Å². The first-order valence-electron chi connectivity index (χ1n) is 9.51. The van der Waals surface area contributed by atoms with E-state index in [-0.39, 0.29) is 0 Å². The van der Waals surface area contributed by atoms with Crippen LogP contribution in [0.25, 0.3) is 0 Å². The Hall–Kier alpha value is -2.79. The van der Waals surface area contributed by atoms with Crippen molar-refractivity contribution < 1.29 is 0 Å². The fraction of sp³-hybridized carbons (Fsp3) is 0.273. The first-order chi connectivity index (χ1) is 13.6. The second kappa shape index (κ2) is 8.07. The lowest BCUT2D eigenvalue weighted by Crippen LogP contribution is -2.47. The van der Waals surface area contributed by atoms with Crippen LogP contribution in [0.2, 0.25) is 5.02 Å². The Morgan fingerprint density at radius 1 is 0.929 bits per heavy atom. The van der Waals surface area contributed by atoms with E-state index < -0.39 is 0 Å². The van der Waals surface area contributed by atoms with E-state index in [0.29, 0.717) is 0 Å². The van der Waals surface area contributed by atoms with Gasteiger partial charge in [-0.2, -0.15) is 4.98 Å². The molecule has 0 spiro atoms. The summed E-state index contributed by atoms with van der Waals surface area (Å²) in [5, 5.41) is 4.19. The van der Waals surface area contributed by atoms with Crippen LogP contribution in [0.15, 0.2) is 54.7 Å². The molecule has 0 radical (unpaired) electrons. The summed E-state index contributed by atoms with van der Waals surface area (Å²) in [5.41, 5.74) is 4.69. The van der Waals surface area contributed by atoms with Crippen LogP contribution in [0, 0.1) is 13.8 Å². The molecule has 0 atom stereocenters. The maximum Gasteiger partial charge on any atom is 0.227 e. The van der Waals surface area contributed by atoms with E-state index in [0.717, 1.165) is 48.7 Å². The molecule has 0 aliphatic carbocycles. The summed E-state index contributed by atoms with van der Waals surface area (Å²) in [6.07, 6.45) is 1.82. The van der Waals surface area contributed by atoms with Gasteiger partial charge in [0.2, 0.25) is 5.95 Å². The second-order valence-corrected chi connectivity index (χ2v) is 7.58. The maximum atomic E-state index is 6.13. The standard InChI is InChI=1S/C22H24ClN5/c1-16-6-7-20(17(2)14-16)25-21-8-9-24-22(26-21)28-12-10-27(11-13-28)19-5-3-4-18(23)15-19/h3-9,14-15H,10-13H2,1-2H3,(H,24,25,26). The largest absolute Gasteiger partial charge is 0.368 e. The van der Waals surface area contributed by atoms with Crippen molar-refractivity contribution in [2.45, 2.75) is 13.8 Å². The monoisotopic (exact) mass is 393 g/mol. The highest BCUT2D eigenvalue weighted by Crippen LogP contribution is 2.24. The zero-order valence-corrected chi connectivity index (χ0v) is 16.9. The molecule has 0 bridgehead atoms. The van der Waals surface area contributed by atoms with Gasteiger partial charge in [0.1, 0.15) is 5.82 Å². The fourth-order valence-electron chi connectivity index (χ4n) is 3.50. The van der Waals surface area contributed by atoms with Crippen LogP contribution in [0.1, 0.15) is 11.1 Å². The van der Waals surface area contributed by atoms with Crippen LogP contribution in [0.3, 0.4) is 0 Å². The van der Waals surface area contributed by atoms with Gasteiger partial charge in [0.25, 0.3) is 0 Å². The molecule has 0 saturated carbocycles. The molecule has 3 aromatic rings. The topological polar surface area (TPSA) is 44.3 Å². The Morgan fingerprint density at radius 2 is 1.71 bits per heavy atom. The number of aromatic nitrogens is 2. The molecule has 2 aromatic carbocycles. The van der Waals surface area contributed by atoms with Crippen molar-refractivity contribution in [3.63, 3.8) is 0 Å². The molecular weight excluding hydrogens is 370 g/mol. The van der Waals surface area contributed by atoms with Crippen LogP contribution in [0.4, 0.5) is 23.1 Å². The third kappa shape index (κ3) is 4.20. The third-order valence-corrected chi connectivity index (χ3v) is 5.26. The summed E-state index contributed by atoms with van der Waals surface area (Å²) in [7, 11) is 0. The van der Waals surface area contributed by atoms with Crippen molar-refractivity contribution in [1.82, 2.24) is 9.97 Å². The lowest BCUT2D eigenvalue weighted by molar-refractivity contribution is 0.640. The lowest BCUT2D eigenvalue weighted by atomic mass is 10.1. The quantitative estimate of drug-likeness (QED) is 0.688. The van der Waals surface area contributed by atoms with Crippen molar-refractivity contribution >= 4 is 34.7 Å². The highest BCUT2D eigenvalue weighted by atomic mass is 35.5. The molecule has 1 saturated heterocycles. The number of hydrogen-bond acceptors (Lipinski definition) is 5. The van der Waals surface area contributed by atoms with Gasteiger partial charge in [-0.05, 0) is 49.7 Å². The summed E-state index contributed by atoms with van der Waals surface area (Å²) in [5.74, 6) is 1.58. The molecular formula is C22H24ClN5. The predicted molar refractivity (Wildman–Crippen MR) is 117 cm³/mol. The van der Waals surface area contributed by atoms with Crippen LogP contribution in [-0.2, 0) is 0 Å². The molecule has 5 nitrogen and oxygen atoms in total. The van der Waals surface area contributed by atoms with E-state index in [9.17, 15) is 0 Å². The zero-order chi connectivity index (χ0) is 19.5. The number of halogens is 1. The highest BCUT2D eigenvalue weighted by molar-refractivity contribution is 6.30. The minimum Gasteiger partial charge on any atom is -0.368 e. The molecule has 144 valence electrons. The Labute approximate surface area is 171 Å². The zero-order valence-electron chi connectivity index (χ0n) is 16.2. The van der Waals surface area contributed by atoms with Crippen molar-refractivity contribution in [1.29, 1.82) is 0 Å². The fourth-order valence-corrected chi connectivity index (χ4v) is 3.68. The maximum absolute atomic E-state index is 6.13. The van der Waals surface area contributed by atoms with Gasteiger partial charge in [0.15, 0.2) is 0 Å². The van der Waals surface area contributed by atoms with E-state index >= 15 is 0 Å². The minimum absolute atomic E-state index is 0.764. The molecule has 28 heavy (non-hydrogen) atoms. The van der Waals surface area contributed by atoms with Gasteiger partial charge < -0.3 is 15.1 Å². The molecule has 0 unspecified atom stereocenters. The van der Waals surface area contributed by atoms with Crippen molar-refractivity contribution in [3.8, 4) is 0 Å². The number of nitrogens with one attached hydrogen (secondary N) is 1. The van der Waals surface area contributed by atoms with E-state index in [1.54, 1.807) is 0 Å². The summed E-state index contributed by atoms with van der Waals surface area (Å²) < 4.78 is 0. The molecule has 0 amide bonds. The summed E-state index contributed by atoms with van der Waals surface area (Å²) in [6, 6.07) is 16.3. The van der Waals surface area contributed by atoms with E-state index in [4.69, 9.17) is 16.6 Å². The third-order valence-electron chi connectivity index (χ3n) is 5.02. The number of rotatable bonds is 4. The Kier molecular flexibility index (Phi) is 5.35. The van der Waals surface area contributed by atoms with Gasteiger partial charge in [-0.25, -0.2) is 4.98 Å². The van der Waals surface area contributed by atoms with Gasteiger partial charge in [0, 0.05) is 48.8 Å². The molecule has 1 N–H and O–H groups in total. The second-order valence-electron chi connectivity index (χ2n) is 7.14. The average molecular weight is 394 g/mol. The van der Waals surface area contributed by atoms with Crippen molar-refractivity contribution in [3.05, 3.63) is 70.9 Å². The number of hydrogen-bond donors (Lipinski definition) is 1. The van der Waals surface area contributed by atoms with Crippen molar-refractivity contribution in [2.24, 2.45) is 0 Å². The van der Waals surface area contributed by atoms with Crippen LogP contribution in [0.5, 0.6) is 0 Å². The Morgan fingerprint density at radius 3 is 2.46 bits per heavy atom. The number of nitrogens with zero attached hydrogens (tertiary/aromatic N) is 4. The number of anilines is 4. The summed E-state index contributed by atoms with van der Waals surface area (Å²) in [6.45, 7) is 7.78. The minimum atomic E-state index is 0.764.